The van der Waals surface area contributed by atoms with E-state index in [1.165, 1.54) is 0 Å². The van der Waals surface area contributed by atoms with Crippen molar-refractivity contribution < 1.29 is 4.42 Å². The standard InChI is InChI=1S/C44H24N4O/c45-25-27-8-7-9-29(18-27)30-20-31(47-39-13-4-1-10-33(39)36-19-28(26-46)16-17-41(36)47)22-32(21-30)48-40-14-5-2-11-34(40)37-24-44-38(23-42(37)48)35-12-3-6-15-43(35)49-44/h1-24H. The zero-order chi connectivity index (χ0) is 32.6. The van der Waals surface area contributed by atoms with E-state index in [0.29, 0.717) is 11.1 Å². The molecule has 0 saturated heterocycles. The smallest absolute Gasteiger partial charge is 0.136 e. The van der Waals surface area contributed by atoms with Gasteiger partial charge >= 0.3 is 0 Å². The lowest BCUT2D eigenvalue weighted by atomic mass is 10.0. The van der Waals surface area contributed by atoms with Gasteiger partial charge in [0.2, 0.25) is 0 Å². The van der Waals surface area contributed by atoms with Crippen molar-refractivity contribution in [3.8, 4) is 34.6 Å². The molecule has 0 unspecified atom stereocenters. The molecule has 0 spiro atoms. The first-order valence-electron chi connectivity index (χ1n) is 16.1. The quantitative estimate of drug-likeness (QED) is 0.196. The number of rotatable bonds is 3. The molecule has 0 fully saturated rings. The molecule has 0 bridgehead atoms. The second kappa shape index (κ2) is 10.2. The van der Waals surface area contributed by atoms with Crippen molar-refractivity contribution in [2.45, 2.75) is 0 Å². The Morgan fingerprint density at radius 1 is 0.388 bits per heavy atom. The van der Waals surface area contributed by atoms with Crippen LogP contribution in [0.5, 0.6) is 0 Å². The van der Waals surface area contributed by atoms with Crippen LogP contribution in [0.3, 0.4) is 0 Å². The van der Waals surface area contributed by atoms with Crippen LogP contribution in [0.1, 0.15) is 11.1 Å². The molecule has 0 N–H and O–H groups in total. The molecule has 0 aliphatic heterocycles. The van der Waals surface area contributed by atoms with Crippen molar-refractivity contribution in [3.63, 3.8) is 0 Å². The number of benzene rings is 7. The molecule has 7 aromatic carbocycles. The molecular weight excluding hydrogens is 601 g/mol. The maximum absolute atomic E-state index is 9.79. The molecule has 0 amide bonds. The SMILES string of the molecule is N#Cc1cccc(-c2cc(-n3c4ccccc4c4cc(C#N)ccc43)cc(-n3c4ccccc4c4cc5oc6ccccc6c5cc43)c2)c1. The van der Waals surface area contributed by atoms with Crippen LogP contribution in [0.2, 0.25) is 0 Å². The van der Waals surface area contributed by atoms with Crippen molar-refractivity contribution in [1.82, 2.24) is 9.13 Å². The highest BCUT2D eigenvalue weighted by molar-refractivity contribution is 6.17. The number of para-hydroxylation sites is 3. The van der Waals surface area contributed by atoms with E-state index in [1.54, 1.807) is 0 Å². The Morgan fingerprint density at radius 3 is 1.73 bits per heavy atom. The van der Waals surface area contributed by atoms with Gasteiger partial charge in [0, 0.05) is 43.7 Å². The van der Waals surface area contributed by atoms with Crippen LogP contribution >= 0.6 is 0 Å². The summed E-state index contributed by atoms with van der Waals surface area (Å²) in [6.45, 7) is 0. The van der Waals surface area contributed by atoms with Gasteiger partial charge in [-0.15, -0.1) is 0 Å². The number of furan rings is 1. The first-order chi connectivity index (χ1) is 24.2. The second-order valence-electron chi connectivity index (χ2n) is 12.4. The van der Waals surface area contributed by atoms with Crippen LogP contribution < -0.4 is 0 Å². The fraction of sp³-hybridized carbons (Fsp3) is 0. The maximum atomic E-state index is 9.79. The zero-order valence-electron chi connectivity index (χ0n) is 26.1. The summed E-state index contributed by atoms with van der Waals surface area (Å²) in [6, 6.07) is 54.4. The summed E-state index contributed by atoms with van der Waals surface area (Å²) in [7, 11) is 0. The van der Waals surface area contributed by atoms with Crippen molar-refractivity contribution in [3.05, 3.63) is 157 Å². The Bertz CT molecular complexity index is 3090. The summed E-state index contributed by atoms with van der Waals surface area (Å²) in [4.78, 5) is 0. The van der Waals surface area contributed by atoms with Crippen LogP contribution in [-0.2, 0) is 0 Å². The van der Waals surface area contributed by atoms with E-state index in [-0.39, 0.29) is 0 Å². The van der Waals surface area contributed by atoms with Gasteiger partial charge in [-0.25, -0.2) is 0 Å². The lowest BCUT2D eigenvalue weighted by Crippen LogP contribution is -2.00. The van der Waals surface area contributed by atoms with E-state index in [1.807, 2.05) is 60.7 Å². The predicted molar refractivity (Wildman–Crippen MR) is 197 cm³/mol. The highest BCUT2D eigenvalue weighted by atomic mass is 16.3. The number of fused-ring (bicyclic) bond motifs is 9. The third-order valence-corrected chi connectivity index (χ3v) is 9.72. The van der Waals surface area contributed by atoms with E-state index in [2.05, 4.69) is 106 Å². The summed E-state index contributed by atoms with van der Waals surface area (Å²) < 4.78 is 11.0. The summed E-state index contributed by atoms with van der Waals surface area (Å²) >= 11 is 0. The molecule has 49 heavy (non-hydrogen) atoms. The van der Waals surface area contributed by atoms with Crippen molar-refractivity contribution in [2.75, 3.05) is 0 Å². The van der Waals surface area contributed by atoms with Gasteiger partial charge in [-0.3, -0.25) is 0 Å². The summed E-state index contributed by atoms with van der Waals surface area (Å²) in [5.41, 5.74) is 11.1. The lowest BCUT2D eigenvalue weighted by Gasteiger charge is -2.16. The summed E-state index contributed by atoms with van der Waals surface area (Å²) in [5, 5.41) is 26.0. The Labute approximate surface area is 280 Å². The average molecular weight is 625 g/mol. The minimum absolute atomic E-state index is 0.608. The molecule has 0 radical (unpaired) electrons. The molecular formula is C44H24N4O. The number of hydrogen-bond acceptors (Lipinski definition) is 3. The number of aromatic nitrogens is 2. The van der Waals surface area contributed by atoms with Gasteiger partial charge in [-0.05, 0) is 90.0 Å². The molecule has 3 aromatic heterocycles. The van der Waals surface area contributed by atoms with E-state index in [0.717, 1.165) is 88.1 Å². The first kappa shape index (κ1) is 27.1. The zero-order valence-corrected chi connectivity index (χ0v) is 26.1. The molecule has 10 aromatic rings. The third-order valence-electron chi connectivity index (χ3n) is 9.72. The number of nitriles is 2. The highest BCUT2D eigenvalue weighted by Crippen LogP contribution is 2.40. The van der Waals surface area contributed by atoms with Gasteiger partial charge in [-0.1, -0.05) is 66.7 Å². The highest BCUT2D eigenvalue weighted by Gasteiger charge is 2.19. The fourth-order valence-corrected chi connectivity index (χ4v) is 7.57. The van der Waals surface area contributed by atoms with Crippen molar-refractivity contribution in [1.29, 1.82) is 10.5 Å². The lowest BCUT2D eigenvalue weighted by molar-refractivity contribution is 0.669. The van der Waals surface area contributed by atoms with E-state index in [4.69, 9.17) is 4.42 Å². The molecule has 3 heterocycles. The molecule has 5 heteroatoms. The fourth-order valence-electron chi connectivity index (χ4n) is 7.57. The van der Waals surface area contributed by atoms with Crippen LogP contribution in [-0.4, -0.2) is 9.13 Å². The molecule has 0 saturated carbocycles. The van der Waals surface area contributed by atoms with E-state index >= 15 is 0 Å². The Balaban J connectivity index is 1.34. The largest absolute Gasteiger partial charge is 0.456 e. The summed E-state index contributed by atoms with van der Waals surface area (Å²) in [5.74, 6) is 0. The molecule has 226 valence electrons. The minimum atomic E-state index is 0.608. The monoisotopic (exact) mass is 624 g/mol. The Kier molecular flexibility index (Phi) is 5.64. The van der Waals surface area contributed by atoms with E-state index < -0.39 is 0 Å². The third kappa shape index (κ3) is 3.97. The predicted octanol–water partition coefficient (Wildman–Crippen LogP) is 11.2. The van der Waals surface area contributed by atoms with Crippen LogP contribution in [0.15, 0.2) is 150 Å². The van der Waals surface area contributed by atoms with Gasteiger partial charge in [0.1, 0.15) is 11.2 Å². The van der Waals surface area contributed by atoms with E-state index in [9.17, 15) is 10.5 Å². The average Bonchev–Trinajstić information content (AvgIpc) is 3.80. The van der Waals surface area contributed by atoms with Crippen molar-refractivity contribution in [2.24, 2.45) is 0 Å². The van der Waals surface area contributed by atoms with Gasteiger partial charge in [-0.2, -0.15) is 10.5 Å². The van der Waals surface area contributed by atoms with Gasteiger partial charge in [0.15, 0.2) is 0 Å². The minimum Gasteiger partial charge on any atom is -0.456 e. The second-order valence-corrected chi connectivity index (χ2v) is 12.4. The maximum Gasteiger partial charge on any atom is 0.136 e. The molecule has 0 aliphatic rings. The number of hydrogen-bond donors (Lipinski definition) is 0. The Morgan fingerprint density at radius 2 is 1.00 bits per heavy atom. The molecule has 5 nitrogen and oxygen atoms in total. The van der Waals surface area contributed by atoms with Crippen LogP contribution in [0.25, 0.3) is 88.1 Å². The van der Waals surface area contributed by atoms with Crippen LogP contribution in [0.4, 0.5) is 0 Å². The van der Waals surface area contributed by atoms with Gasteiger partial charge < -0.3 is 13.6 Å². The topological polar surface area (TPSA) is 70.6 Å². The van der Waals surface area contributed by atoms with Gasteiger partial charge in [0.05, 0.1) is 45.3 Å². The summed E-state index contributed by atoms with van der Waals surface area (Å²) in [6.07, 6.45) is 0. The van der Waals surface area contributed by atoms with Gasteiger partial charge in [0.25, 0.3) is 0 Å². The Hall–Kier alpha value is -7.08. The first-order valence-corrected chi connectivity index (χ1v) is 16.1. The normalized spacial score (nSPS) is 11.6. The molecule has 10 rings (SSSR count). The molecule has 0 aliphatic carbocycles. The van der Waals surface area contributed by atoms with Crippen molar-refractivity contribution >= 4 is 65.6 Å². The molecule has 0 atom stereocenters. The number of nitrogens with zero attached hydrogens (tertiary/aromatic N) is 4. The van der Waals surface area contributed by atoms with Crippen LogP contribution in [0, 0.1) is 22.7 Å².